The van der Waals surface area contributed by atoms with Gasteiger partial charge in [-0.3, -0.25) is 14.5 Å². The summed E-state index contributed by atoms with van der Waals surface area (Å²) in [6, 6.07) is 22.2. The summed E-state index contributed by atoms with van der Waals surface area (Å²) in [6.07, 6.45) is 0. The molecule has 35 heavy (non-hydrogen) atoms. The molecule has 1 atom stereocenters. The van der Waals surface area contributed by atoms with Gasteiger partial charge in [-0.05, 0) is 49.2 Å². The summed E-state index contributed by atoms with van der Waals surface area (Å²) in [4.78, 5) is 40.2. The van der Waals surface area contributed by atoms with E-state index in [0.29, 0.717) is 11.4 Å². The zero-order valence-corrected chi connectivity index (χ0v) is 19.7. The number of nitrogens with one attached hydrogen (secondary N) is 2. The minimum absolute atomic E-state index is 0.414. The minimum atomic E-state index is -1.28. The second-order valence-corrected chi connectivity index (χ2v) is 8.94. The third-order valence-electron chi connectivity index (χ3n) is 6.28. The predicted molar refractivity (Wildman–Crippen MR) is 133 cm³/mol. The van der Waals surface area contributed by atoms with Gasteiger partial charge in [0, 0.05) is 6.07 Å². The van der Waals surface area contributed by atoms with Crippen molar-refractivity contribution in [2.75, 3.05) is 11.9 Å². The number of aryl methyl sites for hydroxylation is 2. The van der Waals surface area contributed by atoms with E-state index >= 15 is 0 Å². The summed E-state index contributed by atoms with van der Waals surface area (Å²) in [6.45, 7) is 5.07. The molecule has 8 nitrogen and oxygen atoms in total. The van der Waals surface area contributed by atoms with E-state index in [1.165, 1.54) is 0 Å². The number of benzene rings is 3. The fraction of sp³-hybridized carbons (Fsp3) is 0.185. The molecule has 1 fully saturated rings. The van der Waals surface area contributed by atoms with Gasteiger partial charge >= 0.3 is 6.03 Å². The van der Waals surface area contributed by atoms with Crippen LogP contribution in [0.5, 0.6) is 0 Å². The van der Waals surface area contributed by atoms with E-state index in [9.17, 15) is 14.4 Å². The molecule has 1 aromatic heterocycles. The molecule has 8 heteroatoms. The standard InChI is InChI=1S/C27H25N5O3/c1-17-11-13-20(14-12-17)32-23(15-18(2)30-32)28-24(33)16-31-25(34)27(3,29-26(31)35)22-10-6-8-19-7-4-5-9-21(19)22/h4-15H,16H2,1-3H3,(H,28,33)(H,29,35). The Labute approximate surface area is 202 Å². The molecular weight excluding hydrogens is 442 g/mol. The lowest BCUT2D eigenvalue weighted by atomic mass is 9.88. The van der Waals surface area contributed by atoms with Crippen molar-refractivity contribution in [2.45, 2.75) is 26.3 Å². The number of hydrogen-bond donors (Lipinski definition) is 2. The number of anilines is 1. The molecule has 4 aromatic rings. The van der Waals surface area contributed by atoms with Gasteiger partial charge < -0.3 is 10.6 Å². The average Bonchev–Trinajstić information content (AvgIpc) is 3.31. The van der Waals surface area contributed by atoms with E-state index in [-0.39, 0.29) is 0 Å². The van der Waals surface area contributed by atoms with Gasteiger partial charge in [-0.2, -0.15) is 5.10 Å². The number of fused-ring (bicyclic) bond motifs is 1. The second kappa shape index (κ2) is 8.39. The molecule has 1 aliphatic heterocycles. The number of hydrogen-bond acceptors (Lipinski definition) is 4. The lowest BCUT2D eigenvalue weighted by molar-refractivity contribution is -0.133. The molecule has 0 saturated carbocycles. The molecule has 176 valence electrons. The highest BCUT2D eigenvalue weighted by molar-refractivity contribution is 6.11. The number of amides is 4. The Hall–Kier alpha value is -4.46. The Balaban J connectivity index is 1.38. The van der Waals surface area contributed by atoms with Crippen molar-refractivity contribution in [1.29, 1.82) is 0 Å². The lowest BCUT2D eigenvalue weighted by Crippen LogP contribution is -2.42. The van der Waals surface area contributed by atoms with Gasteiger partial charge in [-0.15, -0.1) is 0 Å². The molecule has 1 saturated heterocycles. The van der Waals surface area contributed by atoms with Crippen molar-refractivity contribution in [3.63, 3.8) is 0 Å². The Morgan fingerprint density at radius 1 is 1.00 bits per heavy atom. The summed E-state index contributed by atoms with van der Waals surface area (Å²) < 4.78 is 1.62. The molecule has 3 aromatic carbocycles. The molecule has 0 spiro atoms. The molecular formula is C27H25N5O3. The van der Waals surface area contributed by atoms with Gasteiger partial charge in [0.2, 0.25) is 5.91 Å². The Morgan fingerprint density at radius 3 is 2.49 bits per heavy atom. The third-order valence-corrected chi connectivity index (χ3v) is 6.28. The van der Waals surface area contributed by atoms with E-state index in [1.54, 1.807) is 17.7 Å². The first-order valence-electron chi connectivity index (χ1n) is 11.3. The number of carbonyl (C=O) groups excluding carboxylic acids is 3. The first-order chi connectivity index (χ1) is 16.8. The Morgan fingerprint density at radius 2 is 1.71 bits per heavy atom. The number of carbonyl (C=O) groups is 3. The van der Waals surface area contributed by atoms with Crippen LogP contribution in [0.3, 0.4) is 0 Å². The van der Waals surface area contributed by atoms with Crippen LogP contribution in [0.2, 0.25) is 0 Å². The zero-order chi connectivity index (χ0) is 24.7. The van der Waals surface area contributed by atoms with Crippen LogP contribution in [-0.4, -0.2) is 39.1 Å². The van der Waals surface area contributed by atoms with Crippen molar-refractivity contribution in [1.82, 2.24) is 20.0 Å². The van der Waals surface area contributed by atoms with Crippen molar-refractivity contribution in [2.24, 2.45) is 0 Å². The molecule has 1 aliphatic rings. The van der Waals surface area contributed by atoms with Crippen molar-refractivity contribution >= 4 is 34.4 Å². The quantitative estimate of drug-likeness (QED) is 0.433. The van der Waals surface area contributed by atoms with Gasteiger partial charge in [0.15, 0.2) is 0 Å². The molecule has 0 radical (unpaired) electrons. The highest BCUT2D eigenvalue weighted by Crippen LogP contribution is 2.33. The SMILES string of the molecule is Cc1ccc(-n2nc(C)cc2NC(=O)CN2C(=O)NC(C)(c3cccc4ccccc34)C2=O)cc1. The molecule has 4 amide bonds. The van der Waals surface area contributed by atoms with Gasteiger partial charge in [0.25, 0.3) is 5.91 Å². The van der Waals surface area contributed by atoms with Crippen LogP contribution in [0.4, 0.5) is 10.6 Å². The molecule has 5 rings (SSSR count). The summed E-state index contributed by atoms with van der Waals surface area (Å²) >= 11 is 0. The first-order valence-corrected chi connectivity index (χ1v) is 11.3. The highest BCUT2D eigenvalue weighted by atomic mass is 16.2. The number of urea groups is 1. The summed E-state index contributed by atoms with van der Waals surface area (Å²) in [7, 11) is 0. The van der Waals surface area contributed by atoms with Crippen LogP contribution in [-0.2, 0) is 15.1 Å². The third kappa shape index (κ3) is 3.93. The van der Waals surface area contributed by atoms with Crippen LogP contribution >= 0.6 is 0 Å². The van der Waals surface area contributed by atoms with E-state index < -0.39 is 29.9 Å². The fourth-order valence-electron chi connectivity index (χ4n) is 4.48. The maximum absolute atomic E-state index is 13.4. The minimum Gasteiger partial charge on any atom is -0.319 e. The van der Waals surface area contributed by atoms with Gasteiger partial charge in [-0.1, -0.05) is 60.2 Å². The van der Waals surface area contributed by atoms with E-state index in [4.69, 9.17) is 0 Å². The normalized spacial score (nSPS) is 17.6. The van der Waals surface area contributed by atoms with Gasteiger partial charge in [0.1, 0.15) is 17.9 Å². The van der Waals surface area contributed by atoms with Crippen LogP contribution in [0.25, 0.3) is 16.5 Å². The highest BCUT2D eigenvalue weighted by Gasteiger charge is 2.50. The molecule has 0 bridgehead atoms. The van der Waals surface area contributed by atoms with Crippen molar-refractivity contribution in [3.8, 4) is 5.69 Å². The van der Waals surface area contributed by atoms with Gasteiger partial charge in [0.05, 0.1) is 11.4 Å². The number of rotatable bonds is 5. The molecule has 2 N–H and O–H groups in total. The van der Waals surface area contributed by atoms with Crippen LogP contribution < -0.4 is 10.6 Å². The largest absolute Gasteiger partial charge is 0.325 e. The molecule has 2 heterocycles. The summed E-state index contributed by atoms with van der Waals surface area (Å²) in [5, 5.41) is 11.9. The average molecular weight is 468 g/mol. The van der Waals surface area contributed by atoms with E-state index in [1.807, 2.05) is 80.6 Å². The van der Waals surface area contributed by atoms with Crippen LogP contribution in [0.15, 0.2) is 72.8 Å². The van der Waals surface area contributed by atoms with Crippen LogP contribution in [0, 0.1) is 13.8 Å². The Bertz CT molecular complexity index is 1470. The molecule has 1 unspecified atom stereocenters. The number of imide groups is 1. The maximum atomic E-state index is 13.4. The lowest BCUT2D eigenvalue weighted by Gasteiger charge is -2.24. The number of nitrogens with zero attached hydrogens (tertiary/aromatic N) is 3. The fourth-order valence-corrected chi connectivity index (χ4v) is 4.48. The first kappa shape index (κ1) is 22.3. The van der Waals surface area contributed by atoms with E-state index in [2.05, 4.69) is 15.7 Å². The second-order valence-electron chi connectivity index (χ2n) is 8.94. The Kier molecular flexibility index (Phi) is 5.36. The number of aromatic nitrogens is 2. The monoisotopic (exact) mass is 467 g/mol. The van der Waals surface area contributed by atoms with Crippen molar-refractivity contribution in [3.05, 3.63) is 89.6 Å². The van der Waals surface area contributed by atoms with Crippen LogP contribution in [0.1, 0.15) is 23.7 Å². The van der Waals surface area contributed by atoms with Crippen molar-refractivity contribution < 1.29 is 14.4 Å². The smallest absolute Gasteiger partial charge is 0.319 e. The maximum Gasteiger partial charge on any atom is 0.325 e. The summed E-state index contributed by atoms with van der Waals surface area (Å²) in [5.74, 6) is -0.513. The van der Waals surface area contributed by atoms with E-state index in [0.717, 1.165) is 32.6 Å². The predicted octanol–water partition coefficient (Wildman–Crippen LogP) is 4.05. The zero-order valence-electron chi connectivity index (χ0n) is 19.7. The molecule has 0 aliphatic carbocycles. The summed E-state index contributed by atoms with van der Waals surface area (Å²) in [5.41, 5.74) is 2.02. The van der Waals surface area contributed by atoms with Gasteiger partial charge in [-0.25, -0.2) is 9.48 Å². The topological polar surface area (TPSA) is 96.3 Å².